The van der Waals surface area contributed by atoms with Crippen LogP contribution < -0.4 is 10.6 Å². The minimum Gasteiger partial charge on any atom is -0.370 e. The van der Waals surface area contributed by atoms with E-state index < -0.39 is 0 Å². The van der Waals surface area contributed by atoms with Crippen molar-refractivity contribution >= 4 is 11.6 Å². The van der Waals surface area contributed by atoms with E-state index in [2.05, 4.69) is 41.4 Å². The Kier molecular flexibility index (Phi) is 4.39. The van der Waals surface area contributed by atoms with E-state index in [1.54, 1.807) is 6.33 Å². The summed E-state index contributed by atoms with van der Waals surface area (Å²) >= 11 is 0. The van der Waals surface area contributed by atoms with E-state index in [4.69, 9.17) is 0 Å². The maximum absolute atomic E-state index is 4.36. The Hall–Kier alpha value is -1.32. The Morgan fingerprint density at radius 1 is 1.22 bits per heavy atom. The molecule has 0 saturated heterocycles. The molecule has 2 rings (SSSR count). The molecule has 4 nitrogen and oxygen atoms in total. The number of rotatable bonds is 7. The predicted octanol–water partition coefficient (Wildman–Crippen LogP) is 3.21. The van der Waals surface area contributed by atoms with Crippen molar-refractivity contribution in [3.63, 3.8) is 0 Å². The molecule has 0 aliphatic heterocycles. The summed E-state index contributed by atoms with van der Waals surface area (Å²) in [4.78, 5) is 8.66. The van der Waals surface area contributed by atoms with Gasteiger partial charge in [0.25, 0.3) is 0 Å². The van der Waals surface area contributed by atoms with E-state index in [1.165, 1.54) is 19.3 Å². The van der Waals surface area contributed by atoms with Gasteiger partial charge in [-0.1, -0.05) is 20.3 Å². The van der Waals surface area contributed by atoms with Gasteiger partial charge in [-0.2, -0.15) is 0 Å². The lowest BCUT2D eigenvalue weighted by molar-refractivity contribution is 0.692. The zero-order chi connectivity index (χ0) is 13.0. The second-order valence-corrected chi connectivity index (χ2v) is 5.16. The maximum atomic E-state index is 4.36. The first-order valence-electron chi connectivity index (χ1n) is 7.08. The molecule has 1 aliphatic carbocycles. The largest absolute Gasteiger partial charge is 0.370 e. The molecule has 2 unspecified atom stereocenters. The minimum atomic E-state index is 0.623. The monoisotopic (exact) mass is 248 g/mol. The van der Waals surface area contributed by atoms with E-state index in [-0.39, 0.29) is 0 Å². The molecule has 18 heavy (non-hydrogen) atoms. The van der Waals surface area contributed by atoms with E-state index in [0.717, 1.165) is 36.1 Å². The van der Waals surface area contributed by atoms with Crippen molar-refractivity contribution in [3.05, 3.63) is 11.9 Å². The van der Waals surface area contributed by atoms with Crippen LogP contribution in [-0.2, 0) is 0 Å². The molecule has 0 radical (unpaired) electrons. The Labute approximate surface area is 110 Å². The second kappa shape index (κ2) is 6.03. The molecule has 2 atom stereocenters. The summed E-state index contributed by atoms with van der Waals surface area (Å²) in [5.41, 5.74) is 1.13. The third-order valence-corrected chi connectivity index (χ3v) is 3.53. The second-order valence-electron chi connectivity index (χ2n) is 5.16. The van der Waals surface area contributed by atoms with Gasteiger partial charge in [-0.05, 0) is 32.1 Å². The van der Waals surface area contributed by atoms with Gasteiger partial charge in [0, 0.05) is 18.2 Å². The van der Waals surface area contributed by atoms with Gasteiger partial charge in [0.05, 0.1) is 0 Å². The molecule has 0 spiro atoms. The van der Waals surface area contributed by atoms with Gasteiger partial charge in [0.15, 0.2) is 0 Å². The van der Waals surface area contributed by atoms with Crippen molar-refractivity contribution in [3.8, 4) is 0 Å². The van der Waals surface area contributed by atoms with Crippen LogP contribution in [0.2, 0.25) is 0 Å². The first-order valence-corrected chi connectivity index (χ1v) is 7.08. The van der Waals surface area contributed by atoms with Crippen LogP contribution in [0.25, 0.3) is 0 Å². The van der Waals surface area contributed by atoms with E-state index in [1.807, 2.05) is 0 Å². The van der Waals surface area contributed by atoms with Gasteiger partial charge in [0.2, 0.25) is 0 Å². The van der Waals surface area contributed by atoms with Gasteiger partial charge in [-0.25, -0.2) is 9.97 Å². The number of anilines is 2. The molecule has 0 amide bonds. The van der Waals surface area contributed by atoms with Crippen LogP contribution in [0, 0.1) is 12.8 Å². The molecule has 4 heteroatoms. The molecule has 1 aromatic heterocycles. The Balaban J connectivity index is 1.96. The van der Waals surface area contributed by atoms with Crippen molar-refractivity contribution < 1.29 is 0 Å². The molecule has 0 bridgehead atoms. The van der Waals surface area contributed by atoms with Crippen LogP contribution in [0.1, 0.15) is 45.1 Å². The predicted molar refractivity (Wildman–Crippen MR) is 76.0 cm³/mol. The van der Waals surface area contributed by atoms with Crippen molar-refractivity contribution in [1.82, 2.24) is 9.97 Å². The average Bonchev–Trinajstić information content (AvgIpc) is 3.09. The Bertz CT molecular complexity index is 391. The molecular formula is C14H24N4. The van der Waals surface area contributed by atoms with E-state index >= 15 is 0 Å². The number of hydrogen-bond donors (Lipinski definition) is 2. The smallest absolute Gasteiger partial charge is 0.134 e. The van der Waals surface area contributed by atoms with Gasteiger partial charge < -0.3 is 10.6 Å². The van der Waals surface area contributed by atoms with Gasteiger partial charge in [-0.15, -0.1) is 0 Å². The molecular weight excluding hydrogens is 224 g/mol. The summed E-state index contributed by atoms with van der Waals surface area (Å²) in [5, 5.41) is 6.89. The number of hydrogen-bond acceptors (Lipinski definition) is 4. The minimum absolute atomic E-state index is 0.623. The summed E-state index contributed by atoms with van der Waals surface area (Å²) in [7, 11) is 0. The van der Waals surface area contributed by atoms with E-state index in [9.17, 15) is 0 Å². The standard InChI is InChI=1S/C14H24N4/c1-4-6-11-8-12(11)18-14-10(3)13(15-7-5-2)16-9-17-14/h9,11-12H,4-8H2,1-3H3,(H2,15,16,17,18). The molecule has 2 N–H and O–H groups in total. The highest BCUT2D eigenvalue weighted by Crippen LogP contribution is 2.37. The van der Waals surface area contributed by atoms with Crippen LogP contribution in [0.4, 0.5) is 11.6 Å². The summed E-state index contributed by atoms with van der Waals surface area (Å²) in [6.07, 6.45) is 6.63. The Morgan fingerprint density at radius 3 is 2.72 bits per heavy atom. The first kappa shape index (κ1) is 13.1. The zero-order valence-corrected chi connectivity index (χ0v) is 11.7. The normalized spacial score (nSPS) is 21.7. The molecule has 0 aromatic carbocycles. The topological polar surface area (TPSA) is 49.8 Å². The summed E-state index contributed by atoms with van der Waals surface area (Å²) < 4.78 is 0. The van der Waals surface area contributed by atoms with Crippen LogP contribution in [0.15, 0.2) is 6.33 Å². The maximum Gasteiger partial charge on any atom is 0.134 e. The highest BCUT2D eigenvalue weighted by Gasteiger charge is 2.36. The van der Waals surface area contributed by atoms with Gasteiger partial charge in [-0.3, -0.25) is 0 Å². The van der Waals surface area contributed by atoms with Crippen LogP contribution in [0.5, 0.6) is 0 Å². The van der Waals surface area contributed by atoms with Crippen LogP contribution >= 0.6 is 0 Å². The third-order valence-electron chi connectivity index (χ3n) is 3.53. The van der Waals surface area contributed by atoms with Crippen molar-refractivity contribution in [2.45, 2.75) is 52.5 Å². The summed E-state index contributed by atoms with van der Waals surface area (Å²) in [5.74, 6) is 2.80. The number of aromatic nitrogens is 2. The van der Waals surface area contributed by atoms with Crippen LogP contribution in [-0.4, -0.2) is 22.6 Å². The first-order chi connectivity index (χ1) is 8.76. The van der Waals surface area contributed by atoms with Crippen molar-refractivity contribution in [2.75, 3.05) is 17.2 Å². The summed E-state index contributed by atoms with van der Waals surface area (Å²) in [6, 6.07) is 0.623. The van der Waals surface area contributed by atoms with Gasteiger partial charge in [0.1, 0.15) is 18.0 Å². The fraction of sp³-hybridized carbons (Fsp3) is 0.714. The molecule has 1 fully saturated rings. The average molecular weight is 248 g/mol. The lowest BCUT2D eigenvalue weighted by atomic mass is 10.2. The zero-order valence-electron chi connectivity index (χ0n) is 11.7. The van der Waals surface area contributed by atoms with Crippen LogP contribution in [0.3, 0.4) is 0 Å². The number of nitrogens with one attached hydrogen (secondary N) is 2. The summed E-state index contributed by atoms with van der Waals surface area (Å²) in [6.45, 7) is 7.44. The molecule has 100 valence electrons. The quantitative estimate of drug-likeness (QED) is 0.778. The fourth-order valence-electron chi connectivity index (χ4n) is 2.31. The highest BCUT2D eigenvalue weighted by molar-refractivity contribution is 5.57. The van der Waals surface area contributed by atoms with Crippen molar-refractivity contribution in [2.24, 2.45) is 5.92 Å². The Morgan fingerprint density at radius 2 is 2.00 bits per heavy atom. The lowest BCUT2D eigenvalue weighted by Gasteiger charge is -2.12. The molecule has 1 aromatic rings. The molecule has 1 aliphatic rings. The van der Waals surface area contributed by atoms with Gasteiger partial charge >= 0.3 is 0 Å². The van der Waals surface area contributed by atoms with E-state index in [0.29, 0.717) is 6.04 Å². The molecule has 1 saturated carbocycles. The SMILES string of the molecule is CCCNc1ncnc(NC2CC2CCC)c1C. The third kappa shape index (κ3) is 3.12. The number of nitrogens with zero attached hydrogens (tertiary/aromatic N) is 2. The fourth-order valence-corrected chi connectivity index (χ4v) is 2.31. The lowest BCUT2D eigenvalue weighted by Crippen LogP contribution is -2.11. The highest BCUT2D eigenvalue weighted by atomic mass is 15.1. The van der Waals surface area contributed by atoms with Crippen molar-refractivity contribution in [1.29, 1.82) is 0 Å². The molecule has 1 heterocycles.